The summed E-state index contributed by atoms with van der Waals surface area (Å²) in [6.07, 6.45) is 3.73. The van der Waals surface area contributed by atoms with Gasteiger partial charge in [-0.15, -0.1) is 0 Å². The Morgan fingerprint density at radius 1 is 1.23 bits per heavy atom. The number of nitrogens with zero attached hydrogens (tertiary/aromatic N) is 1. The Hall–Kier alpha value is -2.15. The van der Waals surface area contributed by atoms with Crippen molar-refractivity contribution in [1.29, 1.82) is 0 Å². The van der Waals surface area contributed by atoms with E-state index in [1.807, 2.05) is 0 Å². The van der Waals surface area contributed by atoms with Crippen LogP contribution in [0.1, 0.15) is 18.4 Å². The molecular weight excluding hydrogens is 305 g/mol. The highest BCUT2D eigenvalue weighted by Crippen LogP contribution is 2.24. The smallest absolute Gasteiger partial charge is 0.261 e. The molecule has 116 valence electrons. The minimum Gasteiger partial charge on any atom is -0.367 e. The molecule has 1 saturated carbocycles. The molecule has 7 heteroatoms. The fourth-order valence-corrected chi connectivity index (χ4v) is 3.10. The Labute approximate surface area is 128 Å². The average Bonchev–Trinajstić information content (AvgIpc) is 3.27. The summed E-state index contributed by atoms with van der Waals surface area (Å²) in [7, 11) is -3.75. The zero-order valence-corrected chi connectivity index (χ0v) is 12.8. The van der Waals surface area contributed by atoms with Crippen molar-refractivity contribution in [2.45, 2.75) is 30.7 Å². The maximum Gasteiger partial charge on any atom is 0.261 e. The first-order valence-electron chi connectivity index (χ1n) is 6.95. The first-order chi connectivity index (χ1) is 10.4. The van der Waals surface area contributed by atoms with Gasteiger partial charge in [0.25, 0.3) is 10.0 Å². The van der Waals surface area contributed by atoms with Crippen molar-refractivity contribution in [2.24, 2.45) is 0 Å². The van der Waals surface area contributed by atoms with E-state index >= 15 is 0 Å². The molecule has 1 aromatic carbocycles. The molecule has 1 fully saturated rings. The maximum absolute atomic E-state index is 13.2. The second kappa shape index (κ2) is 5.57. The quantitative estimate of drug-likeness (QED) is 0.888. The third-order valence-corrected chi connectivity index (χ3v) is 4.76. The van der Waals surface area contributed by atoms with Crippen molar-refractivity contribution in [3.05, 3.63) is 47.9 Å². The zero-order chi connectivity index (χ0) is 15.7. The SMILES string of the molecule is Cc1cc(S(=O)(=O)Nc2ccc(NC3CC3)nc2)ccc1F. The summed E-state index contributed by atoms with van der Waals surface area (Å²) < 4.78 is 40.2. The van der Waals surface area contributed by atoms with Crippen molar-refractivity contribution in [3.8, 4) is 0 Å². The lowest BCUT2D eigenvalue weighted by molar-refractivity contribution is 0.598. The van der Waals surface area contributed by atoms with E-state index in [0.29, 0.717) is 11.7 Å². The second-order valence-corrected chi connectivity index (χ2v) is 7.05. The monoisotopic (exact) mass is 321 g/mol. The predicted molar refractivity (Wildman–Crippen MR) is 82.8 cm³/mol. The summed E-state index contributed by atoms with van der Waals surface area (Å²) in [4.78, 5) is 4.19. The summed E-state index contributed by atoms with van der Waals surface area (Å²) in [6, 6.07) is 7.54. The molecule has 1 aliphatic carbocycles. The number of aromatic nitrogens is 1. The topological polar surface area (TPSA) is 71.1 Å². The number of benzene rings is 1. The molecule has 1 aliphatic rings. The van der Waals surface area contributed by atoms with Crippen molar-refractivity contribution < 1.29 is 12.8 Å². The number of nitrogens with one attached hydrogen (secondary N) is 2. The molecule has 0 saturated heterocycles. The number of sulfonamides is 1. The van der Waals surface area contributed by atoms with Crippen LogP contribution in [0.5, 0.6) is 0 Å². The summed E-state index contributed by atoms with van der Waals surface area (Å²) >= 11 is 0. The van der Waals surface area contributed by atoms with E-state index in [0.717, 1.165) is 24.7 Å². The van der Waals surface area contributed by atoms with Gasteiger partial charge in [0.1, 0.15) is 11.6 Å². The largest absolute Gasteiger partial charge is 0.367 e. The number of halogens is 1. The molecular formula is C15H16FN3O2S. The van der Waals surface area contributed by atoms with Crippen LogP contribution in [0.15, 0.2) is 41.4 Å². The first-order valence-corrected chi connectivity index (χ1v) is 8.44. The fraction of sp³-hybridized carbons (Fsp3) is 0.267. The Morgan fingerprint density at radius 2 is 2.00 bits per heavy atom. The Kier molecular flexibility index (Phi) is 3.74. The molecule has 0 aliphatic heterocycles. The van der Waals surface area contributed by atoms with Gasteiger partial charge in [0.05, 0.1) is 16.8 Å². The first kappa shape index (κ1) is 14.8. The van der Waals surface area contributed by atoms with Crippen LogP contribution in [0.3, 0.4) is 0 Å². The molecule has 0 unspecified atom stereocenters. The van der Waals surface area contributed by atoms with Crippen LogP contribution >= 0.6 is 0 Å². The average molecular weight is 321 g/mol. The normalized spacial score (nSPS) is 14.6. The number of hydrogen-bond acceptors (Lipinski definition) is 4. The number of anilines is 2. The molecule has 22 heavy (non-hydrogen) atoms. The predicted octanol–water partition coefficient (Wildman–Crippen LogP) is 2.90. The lowest BCUT2D eigenvalue weighted by atomic mass is 10.2. The summed E-state index contributed by atoms with van der Waals surface area (Å²) in [5.74, 6) is 0.291. The van der Waals surface area contributed by atoms with E-state index in [2.05, 4.69) is 15.0 Å². The van der Waals surface area contributed by atoms with Crippen molar-refractivity contribution >= 4 is 21.5 Å². The maximum atomic E-state index is 13.2. The van der Waals surface area contributed by atoms with E-state index in [9.17, 15) is 12.8 Å². The summed E-state index contributed by atoms with van der Waals surface area (Å²) in [5, 5.41) is 3.22. The van der Waals surface area contributed by atoms with Gasteiger partial charge < -0.3 is 5.32 Å². The molecule has 0 amide bonds. The van der Waals surface area contributed by atoms with Crippen LogP contribution in [-0.4, -0.2) is 19.4 Å². The van der Waals surface area contributed by atoms with E-state index in [4.69, 9.17) is 0 Å². The summed E-state index contributed by atoms with van der Waals surface area (Å²) in [5.41, 5.74) is 0.647. The van der Waals surface area contributed by atoms with Crippen molar-refractivity contribution in [3.63, 3.8) is 0 Å². The minimum atomic E-state index is -3.75. The third kappa shape index (κ3) is 3.36. The highest BCUT2D eigenvalue weighted by atomic mass is 32.2. The standard InChI is InChI=1S/C15H16FN3O2S/c1-10-8-13(5-6-14(10)16)22(20,21)19-12-4-7-15(17-9-12)18-11-2-3-11/h4-9,11,19H,2-3H2,1H3,(H,17,18). The highest BCUT2D eigenvalue weighted by Gasteiger charge is 2.21. The molecule has 0 bridgehead atoms. The van der Waals surface area contributed by atoms with E-state index in [-0.39, 0.29) is 10.5 Å². The van der Waals surface area contributed by atoms with Gasteiger partial charge in [-0.2, -0.15) is 0 Å². The number of rotatable bonds is 5. The number of pyridine rings is 1. The van der Waals surface area contributed by atoms with Crippen LogP contribution in [0.4, 0.5) is 15.9 Å². The Balaban J connectivity index is 1.76. The third-order valence-electron chi connectivity index (χ3n) is 3.38. The lowest BCUT2D eigenvalue weighted by Gasteiger charge is -2.10. The lowest BCUT2D eigenvalue weighted by Crippen LogP contribution is -2.13. The van der Waals surface area contributed by atoms with Gasteiger partial charge in [0.2, 0.25) is 0 Å². The molecule has 2 N–H and O–H groups in total. The van der Waals surface area contributed by atoms with Crippen molar-refractivity contribution in [2.75, 3.05) is 10.0 Å². The molecule has 1 heterocycles. The van der Waals surface area contributed by atoms with Gasteiger partial charge in [0, 0.05) is 6.04 Å². The van der Waals surface area contributed by atoms with Gasteiger partial charge in [-0.1, -0.05) is 0 Å². The number of aryl methyl sites for hydroxylation is 1. The van der Waals surface area contributed by atoms with E-state index in [1.54, 1.807) is 12.1 Å². The van der Waals surface area contributed by atoms with Gasteiger partial charge in [-0.3, -0.25) is 4.72 Å². The van der Waals surface area contributed by atoms with Gasteiger partial charge in [-0.05, 0) is 55.7 Å². The molecule has 0 atom stereocenters. The van der Waals surface area contributed by atoms with Crippen LogP contribution in [-0.2, 0) is 10.0 Å². The van der Waals surface area contributed by atoms with Crippen LogP contribution < -0.4 is 10.0 Å². The van der Waals surface area contributed by atoms with Gasteiger partial charge in [-0.25, -0.2) is 17.8 Å². The van der Waals surface area contributed by atoms with Crippen molar-refractivity contribution in [1.82, 2.24) is 4.98 Å². The van der Waals surface area contributed by atoms with E-state index < -0.39 is 15.8 Å². The van der Waals surface area contributed by atoms with Crippen LogP contribution in [0.2, 0.25) is 0 Å². The Morgan fingerprint density at radius 3 is 2.59 bits per heavy atom. The van der Waals surface area contributed by atoms with Gasteiger partial charge >= 0.3 is 0 Å². The molecule has 0 spiro atoms. The fourth-order valence-electron chi connectivity index (χ4n) is 1.97. The van der Waals surface area contributed by atoms with E-state index in [1.165, 1.54) is 25.3 Å². The van der Waals surface area contributed by atoms with Gasteiger partial charge in [0.15, 0.2) is 0 Å². The number of hydrogen-bond donors (Lipinski definition) is 2. The minimum absolute atomic E-state index is 0.0200. The van der Waals surface area contributed by atoms with Crippen LogP contribution in [0.25, 0.3) is 0 Å². The Bertz CT molecular complexity index is 787. The zero-order valence-electron chi connectivity index (χ0n) is 12.0. The van der Waals surface area contributed by atoms with Crippen LogP contribution in [0, 0.1) is 12.7 Å². The molecule has 2 aromatic rings. The molecule has 1 aromatic heterocycles. The molecule has 3 rings (SSSR count). The summed E-state index contributed by atoms with van der Waals surface area (Å²) in [6.45, 7) is 1.52. The second-order valence-electron chi connectivity index (χ2n) is 5.37. The highest BCUT2D eigenvalue weighted by molar-refractivity contribution is 7.92. The molecule has 5 nitrogen and oxygen atoms in total. The molecule has 0 radical (unpaired) electrons.